The van der Waals surface area contributed by atoms with Crippen molar-refractivity contribution >= 4 is 43.5 Å². The highest BCUT2D eigenvalue weighted by molar-refractivity contribution is 8.04. The molecule has 0 saturated carbocycles. The quantitative estimate of drug-likeness (QED) is 0.242. The van der Waals surface area contributed by atoms with Crippen molar-refractivity contribution in [3.05, 3.63) is 82.4 Å². The van der Waals surface area contributed by atoms with Crippen LogP contribution in [0.25, 0.3) is 6.08 Å². The average Bonchev–Trinajstić information content (AvgIpc) is 3.14. The Labute approximate surface area is 229 Å². The first kappa shape index (κ1) is 30.6. The molecule has 0 saturated heterocycles. The van der Waals surface area contributed by atoms with Gasteiger partial charge in [-0.1, -0.05) is 41.6 Å². The van der Waals surface area contributed by atoms with Crippen LogP contribution in [0.2, 0.25) is 0 Å². The minimum Gasteiger partial charge on any atom is -0.741 e. The number of hydrogen-bond donors (Lipinski definition) is 0. The standard InChI is InChI=1S/C24H26N3O2S2.CHF3O3S/c1-5-27-16-19(12-18-8-6-17(2)7-9-18)15-25-23(27)14-24-26(3)21-11-10-20(31(4,28)29)13-22(21)30-24;2-1(3,4)8(5,6)7/h6-11,13-16H,5,12H2,1-4H3;(H,5,6,7)/q+1;/p-1. The maximum atomic E-state index is 11.9. The Morgan fingerprint density at radius 1 is 1.08 bits per heavy atom. The number of thioether (sulfide) groups is 1. The third kappa shape index (κ3) is 7.81. The van der Waals surface area contributed by atoms with Crippen LogP contribution in [0.1, 0.15) is 29.4 Å². The average molecular weight is 602 g/mol. The van der Waals surface area contributed by atoms with Gasteiger partial charge in [-0.2, -0.15) is 13.2 Å². The molecule has 14 heteroatoms. The number of nitrogens with zero attached hydrogens (tertiary/aromatic N) is 3. The molecule has 3 aromatic rings. The van der Waals surface area contributed by atoms with Crippen LogP contribution < -0.4 is 9.47 Å². The van der Waals surface area contributed by atoms with Crippen molar-refractivity contribution in [2.45, 2.75) is 42.1 Å². The first-order valence-electron chi connectivity index (χ1n) is 11.4. The van der Waals surface area contributed by atoms with Gasteiger partial charge >= 0.3 is 11.3 Å². The van der Waals surface area contributed by atoms with Gasteiger partial charge in [0.15, 0.2) is 20.0 Å². The molecule has 0 aliphatic carbocycles. The van der Waals surface area contributed by atoms with Crippen molar-refractivity contribution in [3.8, 4) is 0 Å². The molecule has 39 heavy (non-hydrogen) atoms. The molecule has 1 aliphatic heterocycles. The molecule has 0 fully saturated rings. The normalized spacial score (nSPS) is 14.7. The van der Waals surface area contributed by atoms with Gasteiger partial charge in [-0.3, -0.25) is 0 Å². The molecule has 0 radical (unpaired) electrons. The van der Waals surface area contributed by atoms with Gasteiger partial charge in [-0.15, -0.1) is 0 Å². The fraction of sp³-hybridized carbons (Fsp3) is 0.280. The largest absolute Gasteiger partial charge is 0.741 e. The molecule has 0 unspecified atom stereocenters. The van der Waals surface area contributed by atoms with E-state index in [0.29, 0.717) is 4.90 Å². The highest BCUT2D eigenvalue weighted by Gasteiger charge is 2.37. The Morgan fingerprint density at radius 3 is 2.23 bits per heavy atom. The second-order valence-electron chi connectivity index (χ2n) is 8.71. The van der Waals surface area contributed by atoms with Crippen molar-refractivity contribution in [1.82, 2.24) is 4.98 Å². The zero-order chi connectivity index (χ0) is 29.2. The Bertz CT molecular complexity index is 1610. The van der Waals surface area contributed by atoms with Crippen LogP contribution in [0.5, 0.6) is 0 Å². The molecule has 1 aliphatic rings. The van der Waals surface area contributed by atoms with E-state index in [1.54, 1.807) is 23.9 Å². The minimum atomic E-state index is -6.09. The number of anilines is 1. The lowest BCUT2D eigenvalue weighted by atomic mass is 10.1. The SMILES string of the molecule is CC[n+]1cc(Cc2ccc(C)cc2)cnc1C=C1Sc2cc(S(C)(=O)=O)ccc2N1C.O=S(=O)([O-])C(F)(F)F. The Kier molecular flexibility index (Phi) is 9.15. The number of halogens is 3. The zero-order valence-corrected chi connectivity index (χ0v) is 23.9. The fourth-order valence-corrected chi connectivity index (χ4v) is 5.39. The van der Waals surface area contributed by atoms with Crippen LogP contribution in [0.4, 0.5) is 18.9 Å². The van der Waals surface area contributed by atoms with Gasteiger partial charge in [0.1, 0.15) is 6.20 Å². The van der Waals surface area contributed by atoms with Crippen molar-refractivity contribution in [1.29, 1.82) is 0 Å². The molecule has 0 bridgehead atoms. The number of sulfone groups is 1. The van der Waals surface area contributed by atoms with Gasteiger partial charge in [-0.25, -0.2) is 21.4 Å². The van der Waals surface area contributed by atoms with Gasteiger partial charge in [0, 0.05) is 30.2 Å². The predicted octanol–water partition coefficient (Wildman–Crippen LogP) is 4.28. The molecule has 2 heterocycles. The van der Waals surface area contributed by atoms with Crippen molar-refractivity contribution in [3.63, 3.8) is 0 Å². The summed E-state index contributed by atoms with van der Waals surface area (Å²) in [6.45, 7) is 5.02. The van der Waals surface area contributed by atoms with E-state index in [9.17, 15) is 21.6 Å². The Morgan fingerprint density at radius 2 is 1.69 bits per heavy atom. The Balaban J connectivity index is 0.000000459. The molecule has 4 rings (SSSR count). The number of fused-ring (bicyclic) bond motifs is 1. The molecule has 2 aromatic carbocycles. The van der Waals surface area contributed by atoms with Crippen LogP contribution in [-0.4, -0.2) is 45.2 Å². The van der Waals surface area contributed by atoms with E-state index in [1.165, 1.54) is 22.9 Å². The first-order chi connectivity index (χ1) is 18.0. The summed E-state index contributed by atoms with van der Waals surface area (Å²) in [5.74, 6) is 0.876. The summed E-state index contributed by atoms with van der Waals surface area (Å²) in [7, 11) is -7.33. The van der Waals surface area contributed by atoms with E-state index in [-0.39, 0.29) is 0 Å². The zero-order valence-electron chi connectivity index (χ0n) is 21.4. The highest BCUT2D eigenvalue weighted by Crippen LogP contribution is 2.46. The summed E-state index contributed by atoms with van der Waals surface area (Å²) in [5.41, 5.74) is -0.948. The fourth-order valence-electron chi connectivity index (χ4n) is 3.55. The summed E-state index contributed by atoms with van der Waals surface area (Å²) >= 11 is 1.57. The number of aryl methyl sites for hydroxylation is 2. The van der Waals surface area contributed by atoms with E-state index < -0.39 is 25.5 Å². The van der Waals surface area contributed by atoms with Crippen LogP contribution in [0.3, 0.4) is 0 Å². The molecule has 210 valence electrons. The van der Waals surface area contributed by atoms with Crippen molar-refractivity contribution in [2.75, 3.05) is 18.2 Å². The summed E-state index contributed by atoms with van der Waals surface area (Å²) in [6, 6.07) is 13.9. The maximum absolute atomic E-state index is 11.9. The predicted molar refractivity (Wildman–Crippen MR) is 142 cm³/mol. The maximum Gasteiger partial charge on any atom is 0.485 e. The van der Waals surface area contributed by atoms with E-state index in [2.05, 4.69) is 59.9 Å². The van der Waals surface area contributed by atoms with E-state index in [1.807, 2.05) is 19.3 Å². The topological polar surface area (TPSA) is 111 Å². The summed E-state index contributed by atoms with van der Waals surface area (Å²) in [6.07, 6.45) is 8.24. The van der Waals surface area contributed by atoms with Gasteiger partial charge in [0.05, 0.1) is 34.4 Å². The molecular weight excluding hydrogens is 575 g/mol. The first-order valence-corrected chi connectivity index (χ1v) is 15.5. The van der Waals surface area contributed by atoms with Crippen LogP contribution in [0, 0.1) is 6.92 Å². The van der Waals surface area contributed by atoms with Crippen LogP contribution in [0.15, 0.2) is 69.7 Å². The molecule has 0 atom stereocenters. The molecule has 8 nitrogen and oxygen atoms in total. The molecular formula is C25H26F3N3O5S3. The van der Waals surface area contributed by atoms with Crippen molar-refractivity contribution < 1.29 is 39.1 Å². The second kappa shape index (κ2) is 11.7. The minimum absolute atomic E-state index is 0.343. The summed E-state index contributed by atoms with van der Waals surface area (Å²) in [5, 5.41) is 1.02. The number of rotatable bonds is 5. The lowest BCUT2D eigenvalue weighted by Crippen LogP contribution is -2.37. The lowest BCUT2D eigenvalue weighted by molar-refractivity contribution is -0.698. The molecule has 0 amide bonds. The van der Waals surface area contributed by atoms with Crippen LogP contribution >= 0.6 is 11.8 Å². The number of alkyl halides is 3. The number of hydrogen-bond acceptors (Lipinski definition) is 8. The van der Waals surface area contributed by atoms with Gasteiger partial charge in [0.2, 0.25) is 0 Å². The summed E-state index contributed by atoms with van der Waals surface area (Å²) in [4.78, 5) is 8.09. The van der Waals surface area contributed by atoms with Gasteiger partial charge in [-0.05, 0) is 42.6 Å². The Hall–Kier alpha value is -2.94. The number of benzene rings is 2. The van der Waals surface area contributed by atoms with Crippen LogP contribution in [-0.2, 0) is 32.9 Å². The monoisotopic (exact) mass is 601 g/mol. The van der Waals surface area contributed by atoms with Crippen molar-refractivity contribution in [2.24, 2.45) is 0 Å². The molecule has 0 spiro atoms. The highest BCUT2D eigenvalue weighted by atomic mass is 32.2. The molecule has 0 N–H and O–H groups in total. The molecule has 1 aromatic heterocycles. The third-order valence-corrected chi connectivity index (χ3v) is 8.47. The number of aromatic nitrogens is 2. The second-order valence-corrected chi connectivity index (χ2v) is 13.2. The van der Waals surface area contributed by atoms with E-state index >= 15 is 0 Å². The smallest absolute Gasteiger partial charge is 0.485 e. The third-order valence-electron chi connectivity index (χ3n) is 5.65. The van der Waals surface area contributed by atoms with E-state index in [4.69, 9.17) is 18.0 Å². The summed E-state index contributed by atoms with van der Waals surface area (Å²) < 4.78 is 84.8. The van der Waals surface area contributed by atoms with E-state index in [0.717, 1.165) is 34.4 Å². The van der Waals surface area contributed by atoms with Gasteiger partial charge < -0.3 is 9.45 Å². The van der Waals surface area contributed by atoms with Gasteiger partial charge in [0.25, 0.3) is 0 Å². The lowest BCUT2D eigenvalue weighted by Gasteiger charge is -2.13.